The van der Waals surface area contributed by atoms with E-state index in [4.69, 9.17) is 0 Å². The molecule has 2 heteroatoms. The summed E-state index contributed by atoms with van der Waals surface area (Å²) in [4.78, 5) is 0. The van der Waals surface area contributed by atoms with Crippen molar-refractivity contribution in [1.29, 1.82) is 0 Å². The Hall–Kier alpha value is -1.69. The first-order valence-electron chi connectivity index (χ1n) is 9.35. The van der Waals surface area contributed by atoms with Crippen LogP contribution in [0.1, 0.15) is 20.8 Å². The maximum Gasteiger partial charge on any atom is 0.116 e. The fraction of sp³-hybridized carbons (Fsp3) is 0.200. The van der Waals surface area contributed by atoms with Gasteiger partial charge < -0.3 is 17.0 Å². The second-order valence-corrected chi connectivity index (χ2v) is 10.7. The smallest absolute Gasteiger partial charge is 0.116 e. The fourth-order valence-corrected chi connectivity index (χ4v) is 8.10. The van der Waals surface area contributed by atoms with Gasteiger partial charge in [0.1, 0.15) is 23.2 Å². The van der Waals surface area contributed by atoms with Gasteiger partial charge in [0.15, 0.2) is 0 Å². The largest absolute Gasteiger partial charge is 1.00 e. The van der Waals surface area contributed by atoms with E-state index >= 15 is 0 Å². The molecule has 0 aliphatic heterocycles. The molecule has 0 spiro atoms. The Morgan fingerprint density at radius 1 is 0.704 bits per heavy atom. The Morgan fingerprint density at radius 3 is 1.33 bits per heavy atom. The van der Waals surface area contributed by atoms with Crippen molar-refractivity contribution in [2.75, 3.05) is 6.16 Å². The normalized spacial score (nSPS) is 11.9. The number of hydrogen-bond acceptors (Lipinski definition) is 0. The van der Waals surface area contributed by atoms with Crippen LogP contribution in [0.15, 0.2) is 103 Å². The first kappa shape index (κ1) is 21.6. The van der Waals surface area contributed by atoms with Crippen LogP contribution in [0.4, 0.5) is 0 Å². The third-order valence-corrected chi connectivity index (χ3v) is 9.21. The zero-order valence-electron chi connectivity index (χ0n) is 16.3. The SMILES string of the molecule is C/C(=C\C(C)C)C[P+](c1ccccc1)(c1ccccc1)c1ccccc1.[Br-]. The van der Waals surface area contributed by atoms with Crippen LogP contribution in [0.3, 0.4) is 0 Å². The van der Waals surface area contributed by atoms with Gasteiger partial charge >= 0.3 is 0 Å². The lowest BCUT2D eigenvalue weighted by molar-refractivity contribution is -0.00000537. The fourth-order valence-electron chi connectivity index (χ4n) is 3.76. The highest BCUT2D eigenvalue weighted by Crippen LogP contribution is 2.56. The van der Waals surface area contributed by atoms with Gasteiger partial charge in [-0.2, -0.15) is 0 Å². The van der Waals surface area contributed by atoms with Gasteiger partial charge in [0, 0.05) is 0 Å². The number of hydrogen-bond donors (Lipinski definition) is 0. The molecule has 0 N–H and O–H groups in total. The van der Waals surface area contributed by atoms with Gasteiger partial charge in [0.2, 0.25) is 0 Å². The van der Waals surface area contributed by atoms with E-state index in [1.54, 1.807) is 0 Å². The molecule has 0 amide bonds. The van der Waals surface area contributed by atoms with Crippen LogP contribution in [0.2, 0.25) is 0 Å². The number of rotatable bonds is 6. The van der Waals surface area contributed by atoms with E-state index < -0.39 is 7.26 Å². The Bertz CT molecular complexity index is 743. The molecule has 3 rings (SSSR count). The Kier molecular flexibility index (Phi) is 8.02. The molecular weight excluding hydrogens is 411 g/mol. The molecule has 0 fully saturated rings. The van der Waals surface area contributed by atoms with Crippen LogP contribution in [0.25, 0.3) is 0 Å². The van der Waals surface area contributed by atoms with Crippen LogP contribution in [0, 0.1) is 5.92 Å². The third-order valence-electron chi connectivity index (χ3n) is 4.70. The maximum absolute atomic E-state index is 2.42. The molecule has 140 valence electrons. The van der Waals surface area contributed by atoms with Crippen molar-refractivity contribution >= 4 is 23.2 Å². The van der Waals surface area contributed by atoms with E-state index in [1.807, 2.05) is 0 Å². The molecule has 0 unspecified atom stereocenters. The van der Waals surface area contributed by atoms with Gasteiger partial charge in [-0.15, -0.1) is 0 Å². The number of allylic oxidation sites excluding steroid dienone is 2. The lowest BCUT2D eigenvalue weighted by Gasteiger charge is -2.28. The quantitative estimate of drug-likeness (QED) is 0.409. The van der Waals surface area contributed by atoms with Gasteiger partial charge in [0.25, 0.3) is 0 Å². The Morgan fingerprint density at radius 2 is 1.04 bits per heavy atom. The minimum atomic E-state index is -1.73. The van der Waals surface area contributed by atoms with Crippen molar-refractivity contribution < 1.29 is 17.0 Å². The third kappa shape index (κ3) is 4.98. The molecule has 27 heavy (non-hydrogen) atoms. The maximum atomic E-state index is 2.42. The molecule has 0 atom stereocenters. The highest BCUT2D eigenvalue weighted by molar-refractivity contribution is 7.95. The molecule has 0 nitrogen and oxygen atoms in total. The van der Waals surface area contributed by atoms with Gasteiger partial charge in [-0.05, 0) is 54.8 Å². The van der Waals surface area contributed by atoms with Gasteiger partial charge in [0.05, 0.1) is 6.16 Å². The average molecular weight is 439 g/mol. The molecule has 0 aromatic heterocycles. The molecule has 0 saturated heterocycles. The zero-order valence-corrected chi connectivity index (χ0v) is 18.8. The molecule has 0 heterocycles. The van der Waals surface area contributed by atoms with Gasteiger partial charge in [-0.1, -0.05) is 74.5 Å². The van der Waals surface area contributed by atoms with Crippen LogP contribution in [-0.2, 0) is 0 Å². The topological polar surface area (TPSA) is 0 Å². The molecule has 3 aromatic rings. The van der Waals surface area contributed by atoms with E-state index in [1.165, 1.54) is 21.5 Å². The Labute approximate surface area is 175 Å². The summed E-state index contributed by atoms with van der Waals surface area (Å²) in [5.74, 6) is 0.569. The molecular formula is C25H28BrP. The number of benzene rings is 3. The molecule has 0 bridgehead atoms. The van der Waals surface area contributed by atoms with Crippen molar-refractivity contribution in [1.82, 2.24) is 0 Å². The average Bonchev–Trinajstić information content (AvgIpc) is 2.67. The van der Waals surface area contributed by atoms with E-state index in [9.17, 15) is 0 Å². The summed E-state index contributed by atoms with van der Waals surface area (Å²) in [5, 5.41) is 4.36. The Balaban J connectivity index is 0.00000261. The monoisotopic (exact) mass is 438 g/mol. The predicted molar refractivity (Wildman–Crippen MR) is 119 cm³/mol. The van der Waals surface area contributed by atoms with E-state index in [-0.39, 0.29) is 17.0 Å². The highest BCUT2D eigenvalue weighted by Gasteiger charge is 2.45. The lowest BCUT2D eigenvalue weighted by atomic mass is 10.1. The first-order valence-corrected chi connectivity index (χ1v) is 11.3. The van der Waals surface area contributed by atoms with E-state index in [2.05, 4.69) is 118 Å². The molecule has 0 saturated carbocycles. The summed E-state index contributed by atoms with van der Waals surface area (Å²) >= 11 is 0. The van der Waals surface area contributed by atoms with Crippen molar-refractivity contribution in [3.05, 3.63) is 103 Å². The highest BCUT2D eigenvalue weighted by atomic mass is 79.9. The van der Waals surface area contributed by atoms with Crippen molar-refractivity contribution in [3.8, 4) is 0 Å². The second kappa shape index (κ2) is 10.0. The minimum Gasteiger partial charge on any atom is -1.00 e. The summed E-state index contributed by atoms with van der Waals surface area (Å²) in [6.07, 6.45) is 3.51. The molecule has 0 radical (unpaired) electrons. The van der Waals surface area contributed by atoms with Crippen molar-refractivity contribution in [3.63, 3.8) is 0 Å². The summed E-state index contributed by atoms with van der Waals surface area (Å²) in [7, 11) is -1.73. The van der Waals surface area contributed by atoms with Gasteiger partial charge in [-0.25, -0.2) is 0 Å². The molecule has 0 aliphatic rings. The first-order chi connectivity index (χ1) is 12.6. The lowest BCUT2D eigenvalue weighted by Crippen LogP contribution is -3.00. The summed E-state index contributed by atoms with van der Waals surface area (Å²) < 4.78 is 0. The van der Waals surface area contributed by atoms with Gasteiger partial charge in [-0.3, -0.25) is 0 Å². The van der Waals surface area contributed by atoms with Crippen LogP contribution >= 0.6 is 7.26 Å². The summed E-state index contributed by atoms with van der Waals surface area (Å²) in [6.45, 7) is 6.82. The second-order valence-electron chi connectivity index (χ2n) is 7.23. The summed E-state index contributed by atoms with van der Waals surface area (Å²) in [5.41, 5.74) is 1.48. The van der Waals surface area contributed by atoms with Crippen LogP contribution in [-0.4, -0.2) is 6.16 Å². The zero-order chi connectivity index (χ0) is 18.4. The predicted octanol–water partition coefficient (Wildman–Crippen LogP) is 2.59. The molecule has 3 aromatic carbocycles. The van der Waals surface area contributed by atoms with Crippen molar-refractivity contribution in [2.45, 2.75) is 20.8 Å². The van der Waals surface area contributed by atoms with E-state index in [0.717, 1.165) is 6.16 Å². The van der Waals surface area contributed by atoms with E-state index in [0.29, 0.717) is 5.92 Å². The minimum absolute atomic E-state index is 0. The summed E-state index contributed by atoms with van der Waals surface area (Å²) in [6, 6.07) is 33.3. The number of halogens is 1. The van der Waals surface area contributed by atoms with Crippen molar-refractivity contribution in [2.24, 2.45) is 5.92 Å². The molecule has 0 aliphatic carbocycles. The van der Waals surface area contributed by atoms with Crippen LogP contribution in [0.5, 0.6) is 0 Å². The van der Waals surface area contributed by atoms with Crippen LogP contribution < -0.4 is 32.9 Å². The standard InChI is InChI=1S/C25H28P.BrH/c1-21(2)19-22(3)20-26(23-13-7-4-8-14-23,24-15-9-5-10-16-24)25-17-11-6-12-18-25;/h4-19,21H,20H2,1-3H3;1H/q+1;/p-1/b22-19+;.